The van der Waals surface area contributed by atoms with Crippen LogP contribution in [0.1, 0.15) is 37.3 Å². The van der Waals surface area contributed by atoms with E-state index >= 15 is 0 Å². The smallest absolute Gasteiger partial charge is 0.228 e. The lowest BCUT2D eigenvalue weighted by molar-refractivity contribution is -0.159. The van der Waals surface area contributed by atoms with Crippen molar-refractivity contribution >= 4 is 24.1 Å². The van der Waals surface area contributed by atoms with Gasteiger partial charge in [-0.15, -0.1) is 17.5 Å². The number of piperidine rings is 1. The van der Waals surface area contributed by atoms with Gasteiger partial charge in [-0.05, 0) is 48.6 Å². The van der Waals surface area contributed by atoms with Crippen LogP contribution in [0.5, 0.6) is 0 Å². The molecule has 6 nitrogen and oxygen atoms in total. The molecular weight excluding hydrogens is 498 g/mol. The van der Waals surface area contributed by atoms with E-state index in [1.54, 1.807) is 23.2 Å². The molecule has 37 heavy (non-hydrogen) atoms. The maximum atomic E-state index is 14.9. The summed E-state index contributed by atoms with van der Waals surface area (Å²) in [7, 11) is 0. The van der Waals surface area contributed by atoms with Gasteiger partial charge in [0.25, 0.3) is 0 Å². The Balaban J connectivity index is 0.00000320. The largest absolute Gasteiger partial charge is 0.383 e. The number of benzene rings is 2. The summed E-state index contributed by atoms with van der Waals surface area (Å²) in [5, 5.41) is 20.0. The van der Waals surface area contributed by atoms with Crippen LogP contribution >= 0.6 is 12.4 Å². The highest BCUT2D eigenvalue weighted by molar-refractivity contribution is 5.85. The number of hydrogen-bond acceptors (Lipinski definition) is 5. The van der Waals surface area contributed by atoms with E-state index in [1.807, 2.05) is 49.1 Å². The topological polar surface area (TPSA) is 69.6 Å². The number of anilines is 1. The van der Waals surface area contributed by atoms with Crippen LogP contribution in [-0.2, 0) is 10.4 Å². The lowest BCUT2D eigenvalue weighted by Gasteiger charge is -2.50. The first-order valence-electron chi connectivity index (χ1n) is 12.4. The number of aliphatic hydroxyl groups is 1. The molecule has 0 saturated carbocycles. The number of aromatic nitrogens is 2. The number of halogens is 3. The van der Waals surface area contributed by atoms with Gasteiger partial charge in [0.05, 0.1) is 12.0 Å². The van der Waals surface area contributed by atoms with Gasteiger partial charge in [0, 0.05) is 37.8 Å². The summed E-state index contributed by atoms with van der Waals surface area (Å²) in [6.45, 7) is 5.05. The van der Waals surface area contributed by atoms with Crippen molar-refractivity contribution < 1.29 is 18.7 Å². The van der Waals surface area contributed by atoms with E-state index in [4.69, 9.17) is 0 Å². The fourth-order valence-electron chi connectivity index (χ4n) is 5.96. The Morgan fingerprint density at radius 1 is 1.05 bits per heavy atom. The molecule has 2 aliphatic heterocycles. The van der Waals surface area contributed by atoms with Crippen LogP contribution in [0.25, 0.3) is 0 Å². The summed E-state index contributed by atoms with van der Waals surface area (Å²) in [5.41, 5.74) is -0.136. The Morgan fingerprint density at radius 2 is 1.81 bits per heavy atom. The molecule has 0 aliphatic carbocycles. The molecule has 3 aromatic rings. The van der Waals surface area contributed by atoms with Crippen LogP contribution in [0.2, 0.25) is 0 Å². The average molecular weight is 529 g/mol. The standard InChI is InChI=1S/C28H30F2N4O2.ClH/c1-18-12-14-34(19(2)28(18,36)20-7-4-3-5-8-20)27(35)24-17-33(26-9-6-13-31-32-26)16-23(24)22-11-10-21(29)15-25(22)30;/h3-11,13,15,18-19,23-24,36H,12,14,16-17H2,1-2H3;1H/t18-,19-,23-,24+,28-;/m0./s1. The van der Waals surface area contributed by atoms with Crippen LogP contribution in [-0.4, -0.2) is 51.8 Å². The highest BCUT2D eigenvalue weighted by atomic mass is 35.5. The predicted molar refractivity (Wildman–Crippen MR) is 139 cm³/mol. The monoisotopic (exact) mass is 528 g/mol. The minimum absolute atomic E-state index is 0. The van der Waals surface area contributed by atoms with E-state index in [-0.39, 0.29) is 24.2 Å². The summed E-state index contributed by atoms with van der Waals surface area (Å²) in [6, 6.07) is 16.1. The zero-order valence-corrected chi connectivity index (χ0v) is 21.6. The number of rotatable bonds is 4. The van der Waals surface area contributed by atoms with E-state index in [9.17, 15) is 18.7 Å². The average Bonchev–Trinajstić information content (AvgIpc) is 3.33. The molecule has 2 aromatic carbocycles. The third-order valence-corrected chi connectivity index (χ3v) is 8.06. The molecule has 1 aromatic heterocycles. The Morgan fingerprint density at radius 3 is 2.49 bits per heavy atom. The van der Waals surface area contributed by atoms with Crippen molar-refractivity contribution in [3.05, 3.63) is 89.6 Å². The van der Waals surface area contributed by atoms with E-state index < -0.39 is 35.1 Å². The Bertz CT molecular complexity index is 1240. The van der Waals surface area contributed by atoms with Gasteiger partial charge < -0.3 is 14.9 Å². The van der Waals surface area contributed by atoms with Gasteiger partial charge in [-0.1, -0.05) is 43.3 Å². The molecule has 3 heterocycles. The zero-order chi connectivity index (χ0) is 25.4. The first kappa shape index (κ1) is 26.9. The number of carbonyl (C=O) groups excluding carboxylic acids is 1. The Labute approximate surface area is 221 Å². The van der Waals surface area contributed by atoms with Crippen molar-refractivity contribution in [3.8, 4) is 0 Å². The van der Waals surface area contributed by atoms with Crippen molar-refractivity contribution in [2.45, 2.75) is 37.8 Å². The van der Waals surface area contributed by atoms with Crippen LogP contribution in [0.4, 0.5) is 14.6 Å². The van der Waals surface area contributed by atoms with Gasteiger partial charge in [-0.25, -0.2) is 8.78 Å². The van der Waals surface area contributed by atoms with Crippen LogP contribution in [0.15, 0.2) is 66.9 Å². The second kappa shape index (κ2) is 10.7. The number of hydrogen-bond donors (Lipinski definition) is 1. The summed E-state index contributed by atoms with van der Waals surface area (Å²) < 4.78 is 28.6. The molecule has 9 heteroatoms. The predicted octanol–water partition coefficient (Wildman–Crippen LogP) is 4.54. The maximum Gasteiger partial charge on any atom is 0.228 e. The molecule has 196 valence electrons. The number of amides is 1. The second-order valence-electron chi connectivity index (χ2n) is 9.95. The fourth-order valence-corrected chi connectivity index (χ4v) is 5.96. The van der Waals surface area contributed by atoms with Crippen molar-refractivity contribution in [1.29, 1.82) is 0 Å². The number of carbonyl (C=O) groups is 1. The van der Waals surface area contributed by atoms with E-state index in [0.29, 0.717) is 37.4 Å². The zero-order valence-electron chi connectivity index (χ0n) is 20.8. The molecule has 0 unspecified atom stereocenters. The molecule has 2 fully saturated rings. The van der Waals surface area contributed by atoms with E-state index in [0.717, 1.165) is 11.6 Å². The van der Waals surface area contributed by atoms with E-state index in [2.05, 4.69) is 10.2 Å². The van der Waals surface area contributed by atoms with Gasteiger partial charge in [-0.2, -0.15) is 5.10 Å². The molecule has 0 radical (unpaired) electrons. The van der Waals surface area contributed by atoms with Crippen molar-refractivity contribution in [3.63, 3.8) is 0 Å². The lowest BCUT2D eigenvalue weighted by Crippen LogP contribution is -2.60. The second-order valence-corrected chi connectivity index (χ2v) is 9.95. The Kier molecular flexibility index (Phi) is 7.80. The highest BCUT2D eigenvalue weighted by Crippen LogP contribution is 2.44. The minimum atomic E-state index is -1.21. The SMILES string of the molecule is C[C@@H]1N(C(=O)[C@@H]2CN(c3cccnn3)C[C@H]2c2ccc(F)cc2F)CC[C@H](C)[C@@]1(O)c1ccccc1.Cl. The first-order chi connectivity index (χ1) is 17.3. The molecule has 0 spiro atoms. The lowest BCUT2D eigenvalue weighted by atomic mass is 9.72. The van der Waals surface area contributed by atoms with Crippen molar-refractivity contribution in [2.24, 2.45) is 11.8 Å². The van der Waals surface area contributed by atoms with Gasteiger partial charge >= 0.3 is 0 Å². The normalized spacial score (nSPS) is 27.6. The molecule has 2 saturated heterocycles. The molecule has 1 N–H and O–H groups in total. The quantitative estimate of drug-likeness (QED) is 0.538. The van der Waals surface area contributed by atoms with Gasteiger partial charge in [0.2, 0.25) is 5.91 Å². The van der Waals surface area contributed by atoms with Gasteiger partial charge in [0.1, 0.15) is 17.2 Å². The van der Waals surface area contributed by atoms with Crippen LogP contribution < -0.4 is 4.90 Å². The van der Waals surface area contributed by atoms with E-state index in [1.165, 1.54) is 12.1 Å². The minimum Gasteiger partial charge on any atom is -0.383 e. The van der Waals surface area contributed by atoms with Crippen molar-refractivity contribution in [2.75, 3.05) is 24.5 Å². The number of nitrogens with zero attached hydrogens (tertiary/aromatic N) is 4. The molecule has 5 atom stereocenters. The molecule has 1 amide bonds. The number of likely N-dealkylation sites (tertiary alicyclic amines) is 1. The summed E-state index contributed by atoms with van der Waals surface area (Å²) >= 11 is 0. The fraction of sp³-hybridized carbons (Fsp3) is 0.393. The first-order valence-corrected chi connectivity index (χ1v) is 12.4. The molecule has 0 bridgehead atoms. The maximum absolute atomic E-state index is 14.9. The molecule has 5 rings (SSSR count). The summed E-state index contributed by atoms with van der Waals surface area (Å²) in [5.74, 6) is -2.03. The summed E-state index contributed by atoms with van der Waals surface area (Å²) in [6.07, 6.45) is 2.21. The van der Waals surface area contributed by atoms with Gasteiger partial charge in [-0.3, -0.25) is 4.79 Å². The molecule has 2 aliphatic rings. The third-order valence-electron chi connectivity index (χ3n) is 8.06. The van der Waals surface area contributed by atoms with Gasteiger partial charge in [0.15, 0.2) is 5.82 Å². The van der Waals surface area contributed by atoms with Crippen molar-refractivity contribution in [1.82, 2.24) is 15.1 Å². The molecular formula is C28H31ClF2N4O2. The van der Waals surface area contributed by atoms with Crippen LogP contribution in [0, 0.1) is 23.5 Å². The Hall–Kier alpha value is -3.10. The summed E-state index contributed by atoms with van der Waals surface area (Å²) in [4.78, 5) is 17.8. The third kappa shape index (κ3) is 4.80. The highest BCUT2D eigenvalue weighted by Gasteiger charge is 2.51. The van der Waals surface area contributed by atoms with Crippen LogP contribution in [0.3, 0.4) is 0 Å².